The maximum atomic E-state index is 12.4. The fourth-order valence-electron chi connectivity index (χ4n) is 2.22. The molecule has 1 saturated carbocycles. The number of rotatable bonds is 7. The Morgan fingerprint density at radius 2 is 1.83 bits per heavy atom. The Kier molecular flexibility index (Phi) is 5.06. The summed E-state index contributed by atoms with van der Waals surface area (Å²) in [7, 11) is -3.61. The van der Waals surface area contributed by atoms with Crippen molar-refractivity contribution in [3.05, 3.63) is 29.8 Å². The predicted octanol–water partition coefficient (Wildman–Crippen LogP) is 1.06. The molecule has 1 aliphatic carbocycles. The number of nitrogens with one attached hydrogen (secondary N) is 1. The van der Waals surface area contributed by atoms with E-state index in [1.807, 2.05) is 0 Å². The van der Waals surface area contributed by atoms with Gasteiger partial charge in [-0.25, -0.2) is 13.1 Å². The zero-order chi connectivity index (χ0) is 17.2. The number of carboxylic acid groups (broad SMARTS) is 1. The van der Waals surface area contributed by atoms with E-state index in [1.165, 1.54) is 29.2 Å². The fourth-order valence-corrected chi connectivity index (χ4v) is 3.47. The van der Waals surface area contributed by atoms with E-state index in [0.717, 1.165) is 12.8 Å². The third-order valence-electron chi connectivity index (χ3n) is 3.36. The van der Waals surface area contributed by atoms with Crippen molar-refractivity contribution in [1.82, 2.24) is 9.62 Å². The van der Waals surface area contributed by atoms with E-state index in [2.05, 4.69) is 4.72 Å². The minimum Gasteiger partial charge on any atom is -0.480 e. The van der Waals surface area contributed by atoms with Crippen molar-refractivity contribution < 1.29 is 23.1 Å². The summed E-state index contributed by atoms with van der Waals surface area (Å²) in [4.78, 5) is 24.7. The van der Waals surface area contributed by atoms with Crippen LogP contribution in [-0.2, 0) is 14.8 Å². The lowest BCUT2D eigenvalue weighted by molar-refractivity contribution is -0.137. The summed E-state index contributed by atoms with van der Waals surface area (Å²) in [6, 6.07) is 5.25. The Morgan fingerprint density at radius 3 is 2.26 bits per heavy atom. The smallest absolute Gasteiger partial charge is 0.323 e. The highest BCUT2D eigenvalue weighted by atomic mass is 32.2. The molecule has 7 nitrogen and oxygen atoms in total. The Hall–Kier alpha value is -1.93. The van der Waals surface area contributed by atoms with Crippen LogP contribution in [-0.4, -0.2) is 48.9 Å². The van der Waals surface area contributed by atoms with Gasteiger partial charge in [0.25, 0.3) is 5.91 Å². The Morgan fingerprint density at radius 1 is 1.26 bits per heavy atom. The topological polar surface area (TPSA) is 104 Å². The van der Waals surface area contributed by atoms with Crippen LogP contribution in [0, 0.1) is 0 Å². The van der Waals surface area contributed by atoms with Crippen LogP contribution in [0.5, 0.6) is 0 Å². The predicted molar refractivity (Wildman–Crippen MR) is 83.6 cm³/mol. The van der Waals surface area contributed by atoms with Crippen LogP contribution in [0.4, 0.5) is 0 Å². The molecule has 0 radical (unpaired) electrons. The Bertz CT molecular complexity index is 693. The third-order valence-corrected chi connectivity index (χ3v) is 5.03. The molecule has 1 aromatic rings. The van der Waals surface area contributed by atoms with Crippen molar-refractivity contribution in [3.8, 4) is 0 Å². The van der Waals surface area contributed by atoms with Gasteiger partial charge in [-0.15, -0.1) is 0 Å². The van der Waals surface area contributed by atoms with E-state index in [9.17, 15) is 18.0 Å². The van der Waals surface area contributed by atoms with Crippen LogP contribution >= 0.6 is 0 Å². The molecule has 0 spiro atoms. The number of carboxylic acids is 1. The summed E-state index contributed by atoms with van der Waals surface area (Å²) >= 11 is 0. The molecule has 1 aliphatic rings. The quantitative estimate of drug-likeness (QED) is 0.772. The van der Waals surface area contributed by atoms with Gasteiger partial charge < -0.3 is 10.0 Å². The number of carbonyl (C=O) groups is 2. The van der Waals surface area contributed by atoms with E-state index in [0.29, 0.717) is 0 Å². The van der Waals surface area contributed by atoms with Gasteiger partial charge in [-0.3, -0.25) is 9.59 Å². The largest absolute Gasteiger partial charge is 0.480 e. The average Bonchev–Trinajstić information content (AvgIpc) is 3.27. The van der Waals surface area contributed by atoms with Crippen LogP contribution in [0.25, 0.3) is 0 Å². The first kappa shape index (κ1) is 17.4. The lowest BCUT2D eigenvalue weighted by Crippen LogP contribution is -2.37. The summed E-state index contributed by atoms with van der Waals surface area (Å²) in [5.41, 5.74) is 0.279. The van der Waals surface area contributed by atoms with Crippen LogP contribution in [0.15, 0.2) is 29.2 Å². The summed E-state index contributed by atoms with van der Waals surface area (Å²) in [6.07, 6.45) is 1.59. The van der Waals surface area contributed by atoms with E-state index in [-0.39, 0.29) is 29.1 Å². The Labute approximate surface area is 135 Å². The molecule has 8 heteroatoms. The van der Waals surface area contributed by atoms with Crippen molar-refractivity contribution in [2.75, 3.05) is 6.54 Å². The number of aliphatic carboxylic acids is 1. The zero-order valence-corrected chi connectivity index (χ0v) is 13.8. The number of hydrogen-bond acceptors (Lipinski definition) is 4. The van der Waals surface area contributed by atoms with Crippen molar-refractivity contribution in [2.24, 2.45) is 0 Å². The molecule has 2 N–H and O–H groups in total. The minimum atomic E-state index is -3.61. The van der Waals surface area contributed by atoms with Crippen LogP contribution in [0.3, 0.4) is 0 Å². The molecule has 1 amide bonds. The van der Waals surface area contributed by atoms with Gasteiger partial charge in [0.15, 0.2) is 0 Å². The third kappa shape index (κ3) is 4.52. The maximum absolute atomic E-state index is 12.4. The monoisotopic (exact) mass is 340 g/mol. The summed E-state index contributed by atoms with van der Waals surface area (Å²) in [5, 5.41) is 8.91. The van der Waals surface area contributed by atoms with E-state index in [4.69, 9.17) is 5.11 Å². The molecular formula is C15H20N2O5S. The van der Waals surface area contributed by atoms with E-state index in [1.54, 1.807) is 13.8 Å². The van der Waals surface area contributed by atoms with E-state index < -0.39 is 21.9 Å². The number of amides is 1. The molecule has 0 atom stereocenters. The molecule has 0 saturated heterocycles. The fraction of sp³-hybridized carbons (Fsp3) is 0.467. The molecule has 0 aliphatic heterocycles. The number of nitrogens with zero attached hydrogens (tertiary/aromatic N) is 1. The van der Waals surface area contributed by atoms with Gasteiger partial charge in [0.2, 0.25) is 10.0 Å². The molecule has 1 fully saturated rings. The highest BCUT2D eigenvalue weighted by Gasteiger charge is 2.34. The standard InChI is InChI=1S/C15H20N2O5S/c1-10(2)16-23(21,22)13-7-3-11(4-8-13)15(20)17(9-14(18)19)12-5-6-12/h3-4,7-8,10,12,16H,5-6,9H2,1-2H3,(H,18,19). The van der Waals surface area contributed by atoms with E-state index >= 15 is 0 Å². The molecule has 2 rings (SSSR count). The molecule has 0 unspecified atom stereocenters. The number of carbonyl (C=O) groups excluding carboxylic acids is 1. The molecule has 126 valence electrons. The number of benzene rings is 1. The molecular weight excluding hydrogens is 320 g/mol. The van der Waals surface area contributed by atoms with Gasteiger partial charge in [0, 0.05) is 17.6 Å². The molecule has 23 heavy (non-hydrogen) atoms. The highest BCUT2D eigenvalue weighted by molar-refractivity contribution is 7.89. The van der Waals surface area contributed by atoms with Crippen LogP contribution in [0.1, 0.15) is 37.0 Å². The first-order valence-electron chi connectivity index (χ1n) is 7.36. The van der Waals surface area contributed by atoms with Crippen molar-refractivity contribution in [1.29, 1.82) is 0 Å². The molecule has 0 aromatic heterocycles. The van der Waals surface area contributed by atoms with Crippen molar-refractivity contribution >= 4 is 21.9 Å². The molecule has 1 aromatic carbocycles. The van der Waals surface area contributed by atoms with Gasteiger partial charge in [-0.2, -0.15) is 0 Å². The van der Waals surface area contributed by atoms with Gasteiger partial charge in [-0.1, -0.05) is 0 Å². The first-order valence-corrected chi connectivity index (χ1v) is 8.84. The van der Waals surface area contributed by atoms with Gasteiger partial charge in [-0.05, 0) is 51.0 Å². The summed E-state index contributed by atoms with van der Waals surface area (Å²) in [6.45, 7) is 3.09. The summed E-state index contributed by atoms with van der Waals surface area (Å²) < 4.78 is 26.5. The second-order valence-corrected chi connectivity index (χ2v) is 7.57. The second-order valence-electron chi connectivity index (χ2n) is 5.86. The lowest BCUT2D eigenvalue weighted by atomic mass is 10.2. The maximum Gasteiger partial charge on any atom is 0.323 e. The number of hydrogen-bond donors (Lipinski definition) is 2. The Balaban J connectivity index is 2.18. The summed E-state index contributed by atoms with van der Waals surface area (Å²) in [5.74, 6) is -1.46. The van der Waals surface area contributed by atoms with Crippen molar-refractivity contribution in [3.63, 3.8) is 0 Å². The van der Waals surface area contributed by atoms with Crippen molar-refractivity contribution in [2.45, 2.75) is 43.7 Å². The SMILES string of the molecule is CC(C)NS(=O)(=O)c1ccc(C(=O)N(CC(=O)O)C2CC2)cc1. The first-order chi connectivity index (χ1) is 10.7. The zero-order valence-electron chi connectivity index (χ0n) is 13.0. The molecule has 0 heterocycles. The van der Waals surface area contributed by atoms with Gasteiger partial charge >= 0.3 is 5.97 Å². The number of sulfonamides is 1. The van der Waals surface area contributed by atoms with Crippen LogP contribution in [0.2, 0.25) is 0 Å². The van der Waals surface area contributed by atoms with Gasteiger partial charge in [0.05, 0.1) is 4.90 Å². The van der Waals surface area contributed by atoms with Crippen LogP contribution < -0.4 is 4.72 Å². The average molecular weight is 340 g/mol. The lowest BCUT2D eigenvalue weighted by Gasteiger charge is -2.20. The molecule has 0 bridgehead atoms. The normalized spacial score (nSPS) is 14.7. The highest BCUT2D eigenvalue weighted by Crippen LogP contribution is 2.28. The minimum absolute atomic E-state index is 0.0374. The van der Waals surface area contributed by atoms with Gasteiger partial charge in [0.1, 0.15) is 6.54 Å². The second kappa shape index (κ2) is 6.67.